The van der Waals surface area contributed by atoms with Gasteiger partial charge in [0.2, 0.25) is 11.8 Å². The zero-order valence-electron chi connectivity index (χ0n) is 65.6. The molecule has 26 nitrogen and oxygen atoms in total. The first-order chi connectivity index (χ1) is 47.4. The highest BCUT2D eigenvalue weighted by atomic mass is 79.9. The normalized spacial score (nSPS) is 15.9. The predicted molar refractivity (Wildman–Crippen MR) is 428 cm³/mol. The lowest BCUT2D eigenvalue weighted by atomic mass is 9.49. The Balaban J connectivity index is 0.000000619. The van der Waals surface area contributed by atoms with Crippen molar-refractivity contribution in [2.75, 3.05) is 42.4 Å². The van der Waals surface area contributed by atoms with Crippen LogP contribution in [0.25, 0.3) is 22.9 Å². The summed E-state index contributed by atoms with van der Waals surface area (Å²) in [6.45, 7) is 41.6. The van der Waals surface area contributed by atoms with E-state index < -0.39 is 38.9 Å². The first kappa shape index (κ1) is 97.1. The van der Waals surface area contributed by atoms with E-state index >= 15 is 0 Å². The third-order valence-corrected chi connectivity index (χ3v) is 21.5. The van der Waals surface area contributed by atoms with Crippen molar-refractivity contribution in [2.45, 2.75) is 185 Å². The molecule has 3 saturated heterocycles. The molecule has 2 aromatic heterocycles. The minimum atomic E-state index is -0.897. The molecule has 5 aromatic carbocycles. The van der Waals surface area contributed by atoms with E-state index in [1.54, 1.807) is 82.4 Å². The fourth-order valence-electron chi connectivity index (χ4n) is 8.51. The van der Waals surface area contributed by atoms with E-state index in [2.05, 4.69) is 94.9 Å². The Morgan fingerprint density at radius 1 is 0.514 bits per heavy atom. The summed E-state index contributed by atoms with van der Waals surface area (Å²) < 4.78 is 60.3. The third kappa shape index (κ3) is 27.3. The fraction of sp³-hybridized carbons (Fsp3) is 0.472. The number of amides is 2. The van der Waals surface area contributed by atoms with E-state index in [1.807, 2.05) is 206 Å². The fourth-order valence-corrected chi connectivity index (χ4v) is 10.0. The molecule has 11 N–H and O–H groups in total. The van der Waals surface area contributed by atoms with Crippen LogP contribution in [0.3, 0.4) is 0 Å². The molecule has 2 amide bonds. The smallest absolute Gasteiger partial charge is 0.478 e. The molecule has 0 unspecified atom stereocenters. The second-order valence-electron chi connectivity index (χ2n) is 27.8. The number of carboxylic acid groups (broad SMARTS) is 1. The van der Waals surface area contributed by atoms with Gasteiger partial charge in [-0.3, -0.25) is 14.5 Å². The first-order valence-corrected chi connectivity index (χ1v) is 35.8. The van der Waals surface area contributed by atoms with Gasteiger partial charge in [-0.05, 0) is 241 Å². The van der Waals surface area contributed by atoms with E-state index in [1.165, 1.54) is 5.56 Å². The number of amidine groups is 1. The van der Waals surface area contributed by atoms with Crippen LogP contribution in [-0.2, 0) is 37.4 Å². The van der Waals surface area contributed by atoms with Crippen molar-refractivity contribution in [1.29, 1.82) is 0 Å². The minimum Gasteiger partial charge on any atom is -0.478 e. The van der Waals surface area contributed by atoms with Crippen LogP contribution in [0, 0.1) is 48.5 Å². The molecule has 0 spiro atoms. The van der Waals surface area contributed by atoms with E-state index in [0.717, 1.165) is 56.7 Å². The van der Waals surface area contributed by atoms with Crippen LogP contribution in [0.1, 0.15) is 167 Å². The maximum Gasteiger partial charge on any atom is 0.495 e. The van der Waals surface area contributed by atoms with Gasteiger partial charge < -0.3 is 79.0 Å². The number of primary amides is 1. The van der Waals surface area contributed by atoms with Crippen molar-refractivity contribution in [1.82, 2.24) is 36.2 Å². The van der Waals surface area contributed by atoms with Gasteiger partial charge in [-0.1, -0.05) is 110 Å². The number of aryl methyl sites for hydroxylation is 7. The minimum absolute atomic E-state index is 0. The SMILES string of the molecule is CC(=NC(=O)c1ccc(C)c(Br)c1)N(C)C.CC1(C)OB(B2OC(C)(C)C(C)(C)O2)OC1(C)C.COC(C)(OC)N(C)C.Cc1ccc(C(=O)O)cc1Br.Cc1ccc(C(N)=O)cc1Br.Cc1noc(-c2ccc(C)c(B3OC(C)(C)C(C)(C)O3)c2)n1.Cc1noc(-c2ccc(C)c(Br)c2)n1.N.NO.O. The summed E-state index contributed by atoms with van der Waals surface area (Å²) in [6, 6.07) is 27.7. The van der Waals surface area contributed by atoms with Crippen LogP contribution in [-0.4, -0.2) is 173 Å². The Morgan fingerprint density at radius 2 is 0.829 bits per heavy atom. The van der Waals surface area contributed by atoms with Crippen LogP contribution in [0.4, 0.5) is 0 Å². The molecule has 0 saturated carbocycles. The zero-order chi connectivity index (χ0) is 78.9. The number of carbonyl (C=O) groups excluding carboxylic acids is 2. The molecule has 105 heavy (non-hydrogen) atoms. The number of benzene rings is 5. The van der Waals surface area contributed by atoms with Crippen molar-refractivity contribution in [3.05, 3.63) is 165 Å². The second-order valence-corrected chi connectivity index (χ2v) is 31.2. The molecule has 3 aliphatic heterocycles. The number of nitrogens with two attached hydrogens (primary N) is 2. The van der Waals surface area contributed by atoms with Crippen molar-refractivity contribution in [3.63, 3.8) is 0 Å². The molecule has 10 rings (SSSR count). The molecular weight excluding hydrogens is 1610 g/mol. The number of methoxy groups -OCH3 is 2. The lowest BCUT2D eigenvalue weighted by Gasteiger charge is -2.32. The highest BCUT2D eigenvalue weighted by molar-refractivity contribution is 9.11. The number of ether oxygens (including phenoxy) is 2. The van der Waals surface area contributed by atoms with Gasteiger partial charge in [0.25, 0.3) is 17.7 Å². The summed E-state index contributed by atoms with van der Waals surface area (Å²) in [4.78, 5) is 49.0. The van der Waals surface area contributed by atoms with E-state index in [0.29, 0.717) is 46.0 Å². The number of carbonyl (C=O) groups is 3. The third-order valence-electron chi connectivity index (χ3n) is 18.0. The summed E-state index contributed by atoms with van der Waals surface area (Å²) >= 11 is 13.4. The van der Waals surface area contributed by atoms with Crippen LogP contribution >= 0.6 is 63.7 Å². The van der Waals surface area contributed by atoms with E-state index in [4.69, 9.17) is 62.5 Å². The van der Waals surface area contributed by atoms with Crippen LogP contribution in [0.2, 0.25) is 0 Å². The Hall–Kier alpha value is -5.95. The standard InChI is InChI=1S/C16H21BN2O3.C12H24B2O4.C12H15BrN2O.C10H9BrN2O.C8H8BrNO.C8H7BrO2.C6H15NO2.H3NO.H3N.H2O/c1-10-7-8-12(14-18-11(2)19-20-14)9-13(10)17-21-15(3,4)16(5,6)22-17;1-9(2)10(3,4)16-13(15-9)14-17-11(5,6)12(7,8)18-14;1-8-5-6-10(7-11(8)13)12(16)14-9(2)15(3)4;1-6-3-4-8(5-9(6)11)10-12-7(2)13-14-10;2*1-5-2-3-6(8(10)11)4-7(5)9;1-6(8-4,9-5)7(2)3;1-2;;/h7-9H,1-6H3;1-8H3;5-7H,1-4H3;3-5H,1-2H3;2-4H,1H3,(H2,10,11);2-4H,1H3,(H,10,11);1-5H3;2H,1H2;1H3;1H2. The second kappa shape index (κ2) is 41.0. The maximum absolute atomic E-state index is 11.8. The van der Waals surface area contributed by atoms with Crippen LogP contribution in [0.5, 0.6) is 0 Å². The van der Waals surface area contributed by atoms with Crippen LogP contribution < -0.4 is 23.2 Å². The molecular formula is C72H107B3Br4N10O16. The molecule has 3 aliphatic rings. The van der Waals surface area contributed by atoms with Gasteiger partial charge in [-0.25, -0.2) is 10.7 Å². The molecule has 0 aliphatic carbocycles. The summed E-state index contributed by atoms with van der Waals surface area (Å²) in [5.74, 6) is 4.44. The molecule has 0 radical (unpaired) electrons. The Morgan fingerprint density at radius 3 is 1.13 bits per heavy atom. The number of aromatic nitrogens is 4. The number of nitrogens with zero attached hydrogens (tertiary/aromatic N) is 7. The molecule has 33 heteroatoms. The quantitative estimate of drug-likeness (QED) is 0.0279. The van der Waals surface area contributed by atoms with Crippen molar-refractivity contribution >= 4 is 114 Å². The molecule has 7 aromatic rings. The Kier molecular flexibility index (Phi) is 37.9. The molecule has 3 fully saturated rings. The largest absolute Gasteiger partial charge is 0.495 e. The summed E-state index contributed by atoms with van der Waals surface area (Å²) in [7, 11) is 9.39. The van der Waals surface area contributed by atoms with E-state index in [-0.39, 0.29) is 51.1 Å². The van der Waals surface area contributed by atoms with Crippen molar-refractivity contribution < 1.29 is 76.6 Å². The zero-order valence-corrected chi connectivity index (χ0v) is 71.9. The molecule has 578 valence electrons. The van der Waals surface area contributed by atoms with Gasteiger partial charge >= 0.3 is 27.1 Å². The molecule has 0 atom stereocenters. The molecule has 5 heterocycles. The number of hydrogen-bond acceptors (Lipinski definition) is 21. The number of carboxylic acids is 1. The average molecular weight is 1720 g/mol. The first-order valence-electron chi connectivity index (χ1n) is 32.6. The van der Waals surface area contributed by atoms with Gasteiger partial charge in [-0.2, -0.15) is 15.0 Å². The lowest BCUT2D eigenvalue weighted by Crippen LogP contribution is -2.44. The number of aliphatic imine (C=N–C) groups is 1. The maximum atomic E-state index is 11.8. The Labute approximate surface area is 654 Å². The summed E-state index contributed by atoms with van der Waals surface area (Å²) in [5.41, 5.74) is 12.7. The lowest BCUT2D eigenvalue weighted by molar-refractivity contribution is -0.270. The highest BCUT2D eigenvalue weighted by Gasteiger charge is 2.64. The topological polar surface area (TPSA) is 381 Å². The van der Waals surface area contributed by atoms with Gasteiger partial charge in [0, 0.05) is 75.4 Å². The van der Waals surface area contributed by atoms with Crippen LogP contribution in [0.15, 0.2) is 123 Å². The monoisotopic (exact) mass is 1720 g/mol. The van der Waals surface area contributed by atoms with Gasteiger partial charge in [0.15, 0.2) is 11.6 Å². The van der Waals surface area contributed by atoms with Crippen molar-refractivity contribution in [3.8, 4) is 22.9 Å². The summed E-state index contributed by atoms with van der Waals surface area (Å²) in [5, 5.41) is 22.7. The Bertz CT molecular complexity index is 3880. The number of aromatic carboxylic acids is 1. The van der Waals surface area contributed by atoms with Gasteiger partial charge in [-0.15, -0.1) is 0 Å². The van der Waals surface area contributed by atoms with E-state index in [9.17, 15) is 14.4 Å². The molecule has 0 bridgehead atoms. The summed E-state index contributed by atoms with van der Waals surface area (Å²) in [6.07, 6.45) is 0. The number of halogens is 4. The average Bonchev–Trinajstić information content (AvgIpc) is 1.56. The van der Waals surface area contributed by atoms with Gasteiger partial charge in [0.05, 0.1) is 39.2 Å². The number of rotatable bonds is 10. The van der Waals surface area contributed by atoms with Gasteiger partial charge in [0.1, 0.15) is 5.84 Å². The highest BCUT2D eigenvalue weighted by Crippen LogP contribution is 2.43. The van der Waals surface area contributed by atoms with Crippen molar-refractivity contribution in [2.24, 2.45) is 16.6 Å². The predicted octanol–water partition coefficient (Wildman–Crippen LogP) is 14.4. The number of hydrogen-bond donors (Lipinski definition) is 5.